The van der Waals surface area contributed by atoms with E-state index in [-0.39, 0.29) is 11.8 Å². The quantitative estimate of drug-likeness (QED) is 0.855. The Morgan fingerprint density at radius 1 is 1.28 bits per heavy atom. The fourth-order valence-electron chi connectivity index (χ4n) is 3.59. The molecule has 0 unspecified atom stereocenters. The number of carbonyl (C=O) groups excluding carboxylic acids is 1. The van der Waals surface area contributed by atoms with Crippen LogP contribution in [-0.2, 0) is 18.4 Å². The van der Waals surface area contributed by atoms with E-state index in [4.69, 9.17) is 4.42 Å². The van der Waals surface area contributed by atoms with Gasteiger partial charge in [0.25, 0.3) is 0 Å². The number of furan rings is 1. The van der Waals surface area contributed by atoms with Crippen LogP contribution >= 0.6 is 0 Å². The third-order valence-corrected chi connectivity index (χ3v) is 5.10. The second kappa shape index (κ2) is 7.44. The lowest BCUT2D eigenvalue weighted by molar-refractivity contribution is -0.132. The molecule has 0 N–H and O–H groups in total. The lowest BCUT2D eigenvalue weighted by Gasteiger charge is -2.24. The summed E-state index contributed by atoms with van der Waals surface area (Å²) in [6, 6.07) is 1.99. The molecule has 3 rings (SSSR count). The van der Waals surface area contributed by atoms with Gasteiger partial charge < -0.3 is 13.9 Å². The van der Waals surface area contributed by atoms with Crippen LogP contribution in [0.25, 0.3) is 0 Å². The first kappa shape index (κ1) is 17.7. The van der Waals surface area contributed by atoms with Gasteiger partial charge in [0, 0.05) is 51.2 Å². The summed E-state index contributed by atoms with van der Waals surface area (Å²) in [5.74, 6) is 2.83. The number of hydrogen-bond acceptors (Lipinski definition) is 4. The fraction of sp³-hybridized carbons (Fsp3) is 0.579. The number of amides is 1. The van der Waals surface area contributed by atoms with Crippen molar-refractivity contribution in [2.75, 3.05) is 26.2 Å². The Bertz CT molecular complexity index is 734. The Balaban J connectivity index is 1.61. The first-order valence-electron chi connectivity index (χ1n) is 9.00. The summed E-state index contributed by atoms with van der Waals surface area (Å²) in [6.45, 7) is 10.1. The normalized spacial score (nSPS) is 17.5. The van der Waals surface area contributed by atoms with Gasteiger partial charge in [-0.05, 0) is 33.3 Å². The van der Waals surface area contributed by atoms with Gasteiger partial charge in [-0.2, -0.15) is 0 Å². The van der Waals surface area contributed by atoms with Crippen LogP contribution in [0.3, 0.4) is 0 Å². The Kier molecular flexibility index (Phi) is 5.27. The molecule has 25 heavy (non-hydrogen) atoms. The highest BCUT2D eigenvalue weighted by atomic mass is 16.3. The second-order valence-corrected chi connectivity index (χ2v) is 7.00. The molecule has 0 radical (unpaired) electrons. The third kappa shape index (κ3) is 3.95. The number of imidazole rings is 1. The van der Waals surface area contributed by atoms with Gasteiger partial charge >= 0.3 is 0 Å². The summed E-state index contributed by atoms with van der Waals surface area (Å²) in [5, 5.41) is 0. The molecule has 136 valence electrons. The van der Waals surface area contributed by atoms with Crippen LogP contribution in [0.4, 0.5) is 0 Å². The van der Waals surface area contributed by atoms with E-state index in [0.717, 1.165) is 62.1 Å². The van der Waals surface area contributed by atoms with Crippen molar-refractivity contribution < 1.29 is 9.21 Å². The minimum Gasteiger partial charge on any atom is -0.466 e. The molecule has 1 aliphatic heterocycles. The lowest BCUT2D eigenvalue weighted by Crippen LogP contribution is -2.37. The van der Waals surface area contributed by atoms with Gasteiger partial charge in [0.1, 0.15) is 17.3 Å². The van der Waals surface area contributed by atoms with E-state index in [2.05, 4.69) is 14.5 Å². The van der Waals surface area contributed by atoms with Crippen molar-refractivity contribution in [2.24, 2.45) is 7.05 Å². The Hall–Kier alpha value is -2.08. The molecule has 1 atom stereocenters. The van der Waals surface area contributed by atoms with Crippen molar-refractivity contribution >= 4 is 5.91 Å². The molecule has 1 saturated heterocycles. The molecule has 0 saturated carbocycles. The summed E-state index contributed by atoms with van der Waals surface area (Å²) >= 11 is 0. The number of rotatable bonds is 4. The smallest absolute Gasteiger partial charge is 0.230 e. The van der Waals surface area contributed by atoms with Crippen molar-refractivity contribution in [3.05, 3.63) is 41.4 Å². The van der Waals surface area contributed by atoms with Gasteiger partial charge in [-0.3, -0.25) is 9.69 Å². The zero-order valence-corrected chi connectivity index (χ0v) is 15.7. The van der Waals surface area contributed by atoms with Crippen LogP contribution in [-0.4, -0.2) is 51.4 Å². The van der Waals surface area contributed by atoms with Crippen molar-refractivity contribution in [3.8, 4) is 0 Å². The minimum atomic E-state index is -0.154. The van der Waals surface area contributed by atoms with E-state index >= 15 is 0 Å². The zero-order chi connectivity index (χ0) is 18.0. The second-order valence-electron chi connectivity index (χ2n) is 7.00. The maximum absolute atomic E-state index is 12.9. The van der Waals surface area contributed by atoms with Crippen molar-refractivity contribution in [2.45, 2.75) is 39.7 Å². The highest BCUT2D eigenvalue weighted by Gasteiger charge is 2.26. The van der Waals surface area contributed by atoms with Crippen LogP contribution in [0.2, 0.25) is 0 Å². The summed E-state index contributed by atoms with van der Waals surface area (Å²) in [6.07, 6.45) is 4.80. The molecule has 0 bridgehead atoms. The molecule has 2 aromatic rings. The number of hydrogen-bond donors (Lipinski definition) is 0. The predicted octanol–water partition coefficient (Wildman–Crippen LogP) is 2.47. The van der Waals surface area contributed by atoms with Crippen LogP contribution in [0.15, 0.2) is 22.9 Å². The fourth-order valence-corrected chi connectivity index (χ4v) is 3.59. The molecule has 0 aliphatic carbocycles. The maximum atomic E-state index is 12.9. The summed E-state index contributed by atoms with van der Waals surface area (Å²) in [5.41, 5.74) is 1.01. The predicted molar refractivity (Wildman–Crippen MR) is 96.3 cm³/mol. The van der Waals surface area contributed by atoms with Gasteiger partial charge in [-0.1, -0.05) is 0 Å². The van der Waals surface area contributed by atoms with Crippen molar-refractivity contribution in [3.63, 3.8) is 0 Å². The minimum absolute atomic E-state index is 0.154. The van der Waals surface area contributed by atoms with Crippen LogP contribution in [0.5, 0.6) is 0 Å². The summed E-state index contributed by atoms with van der Waals surface area (Å²) in [7, 11) is 2.02. The van der Waals surface area contributed by atoms with Gasteiger partial charge in [0.2, 0.25) is 5.91 Å². The topological polar surface area (TPSA) is 54.5 Å². The van der Waals surface area contributed by atoms with E-state index in [1.165, 1.54) is 0 Å². The number of aryl methyl sites for hydroxylation is 3. The Morgan fingerprint density at radius 3 is 2.72 bits per heavy atom. The average molecular weight is 344 g/mol. The number of nitrogens with zero attached hydrogens (tertiary/aromatic N) is 4. The first-order valence-corrected chi connectivity index (χ1v) is 9.00. The summed E-state index contributed by atoms with van der Waals surface area (Å²) in [4.78, 5) is 21.7. The van der Waals surface area contributed by atoms with Gasteiger partial charge in [-0.15, -0.1) is 0 Å². The molecule has 6 heteroatoms. The van der Waals surface area contributed by atoms with E-state index in [1.807, 2.05) is 51.2 Å². The van der Waals surface area contributed by atoms with Crippen LogP contribution in [0, 0.1) is 13.8 Å². The highest BCUT2D eigenvalue weighted by Crippen LogP contribution is 2.25. The maximum Gasteiger partial charge on any atom is 0.230 e. The summed E-state index contributed by atoms with van der Waals surface area (Å²) < 4.78 is 7.65. The van der Waals surface area contributed by atoms with Gasteiger partial charge in [0.15, 0.2) is 0 Å². The van der Waals surface area contributed by atoms with E-state index < -0.39 is 0 Å². The van der Waals surface area contributed by atoms with Gasteiger partial charge in [-0.25, -0.2) is 4.98 Å². The SMILES string of the molecule is Cc1cc([C@H](C)C(=O)N2CCCN(Cc3nccn3C)CC2)c(C)o1. The Labute approximate surface area is 149 Å². The van der Waals surface area contributed by atoms with E-state index in [1.54, 1.807) is 0 Å². The van der Waals surface area contributed by atoms with Crippen molar-refractivity contribution in [1.82, 2.24) is 19.4 Å². The number of carbonyl (C=O) groups is 1. The van der Waals surface area contributed by atoms with Crippen LogP contribution in [0.1, 0.15) is 42.2 Å². The lowest BCUT2D eigenvalue weighted by atomic mass is 10.00. The molecule has 1 amide bonds. The largest absolute Gasteiger partial charge is 0.466 e. The monoisotopic (exact) mass is 344 g/mol. The van der Waals surface area contributed by atoms with Crippen molar-refractivity contribution in [1.29, 1.82) is 0 Å². The molecule has 1 aliphatic rings. The molecule has 0 spiro atoms. The standard InChI is InChI=1S/C19H28N4O2/c1-14-12-17(16(3)25-14)15(2)19(24)23-8-5-7-22(10-11-23)13-18-20-6-9-21(18)4/h6,9,12,15H,5,7-8,10-11,13H2,1-4H3/t15-/m0/s1. The van der Waals surface area contributed by atoms with E-state index in [0.29, 0.717) is 0 Å². The molecule has 6 nitrogen and oxygen atoms in total. The zero-order valence-electron chi connectivity index (χ0n) is 15.7. The molecular formula is C19H28N4O2. The third-order valence-electron chi connectivity index (χ3n) is 5.10. The average Bonchev–Trinajstić information content (AvgIpc) is 3.03. The molecule has 3 heterocycles. The Morgan fingerprint density at radius 2 is 2.08 bits per heavy atom. The van der Waals surface area contributed by atoms with E-state index in [9.17, 15) is 4.79 Å². The molecule has 0 aromatic carbocycles. The molecule has 1 fully saturated rings. The molecule has 2 aromatic heterocycles. The first-order chi connectivity index (χ1) is 12.0. The number of aromatic nitrogens is 2. The van der Waals surface area contributed by atoms with Gasteiger partial charge in [0.05, 0.1) is 12.5 Å². The highest BCUT2D eigenvalue weighted by molar-refractivity contribution is 5.83. The molecular weight excluding hydrogens is 316 g/mol. The van der Waals surface area contributed by atoms with Crippen LogP contribution < -0.4 is 0 Å².